The first kappa shape index (κ1) is 17.4. The lowest BCUT2D eigenvalue weighted by atomic mass is 10.2. The fraction of sp³-hybridized carbons (Fsp3) is 0.294. The Morgan fingerprint density at radius 2 is 1.67 bits per heavy atom. The van der Waals surface area contributed by atoms with E-state index in [1.165, 1.54) is 6.92 Å². The van der Waals surface area contributed by atoms with Crippen LogP contribution in [-0.4, -0.2) is 28.3 Å². The van der Waals surface area contributed by atoms with Crippen LogP contribution in [0.25, 0.3) is 0 Å². The fourth-order valence-corrected chi connectivity index (χ4v) is 1.90. The zero-order valence-corrected chi connectivity index (χ0v) is 14.0. The van der Waals surface area contributed by atoms with E-state index in [0.29, 0.717) is 23.2 Å². The quantitative estimate of drug-likeness (QED) is 0.758. The molecule has 3 N–H and O–H groups in total. The van der Waals surface area contributed by atoms with E-state index in [4.69, 9.17) is 0 Å². The van der Waals surface area contributed by atoms with Crippen molar-refractivity contribution in [2.75, 3.05) is 22.5 Å². The van der Waals surface area contributed by atoms with Crippen LogP contribution in [-0.2, 0) is 4.79 Å². The molecule has 0 fully saturated rings. The van der Waals surface area contributed by atoms with Crippen LogP contribution < -0.4 is 16.0 Å². The highest BCUT2D eigenvalue weighted by Crippen LogP contribution is 2.14. The minimum atomic E-state index is -0.322. The predicted molar refractivity (Wildman–Crippen MR) is 94.1 cm³/mol. The summed E-state index contributed by atoms with van der Waals surface area (Å²) >= 11 is 0. The zero-order valence-electron chi connectivity index (χ0n) is 14.0. The molecule has 1 heterocycles. The van der Waals surface area contributed by atoms with Gasteiger partial charge in [-0.2, -0.15) is 0 Å². The highest BCUT2D eigenvalue weighted by atomic mass is 16.2. The van der Waals surface area contributed by atoms with Crippen LogP contribution in [0, 0.1) is 5.92 Å². The van der Waals surface area contributed by atoms with Gasteiger partial charge in [0.2, 0.25) is 11.9 Å². The molecule has 0 saturated heterocycles. The van der Waals surface area contributed by atoms with Crippen molar-refractivity contribution in [3.8, 4) is 0 Å². The van der Waals surface area contributed by atoms with Gasteiger partial charge in [-0.1, -0.05) is 13.8 Å². The SMILES string of the molecule is CC(=O)Nc1ccc(NC(=O)c2ccnc(NCC(C)C)n2)cc1. The Morgan fingerprint density at radius 3 is 2.25 bits per heavy atom. The van der Waals surface area contributed by atoms with Crippen molar-refractivity contribution in [2.24, 2.45) is 5.92 Å². The topological polar surface area (TPSA) is 96.0 Å². The molecular weight excluding hydrogens is 306 g/mol. The summed E-state index contributed by atoms with van der Waals surface area (Å²) in [5.41, 5.74) is 1.56. The Balaban J connectivity index is 2.01. The number of nitrogens with zero attached hydrogens (tertiary/aromatic N) is 2. The van der Waals surface area contributed by atoms with Crippen LogP contribution in [0.3, 0.4) is 0 Å². The maximum absolute atomic E-state index is 12.3. The molecule has 24 heavy (non-hydrogen) atoms. The fourth-order valence-electron chi connectivity index (χ4n) is 1.90. The van der Waals surface area contributed by atoms with Gasteiger partial charge in [0, 0.05) is 31.0 Å². The summed E-state index contributed by atoms with van der Waals surface area (Å²) in [7, 11) is 0. The van der Waals surface area contributed by atoms with Crippen LogP contribution in [0.4, 0.5) is 17.3 Å². The van der Waals surface area contributed by atoms with Crippen molar-refractivity contribution >= 4 is 29.1 Å². The lowest BCUT2D eigenvalue weighted by Gasteiger charge is -2.09. The summed E-state index contributed by atoms with van der Waals surface area (Å²) in [4.78, 5) is 31.6. The van der Waals surface area contributed by atoms with E-state index in [0.717, 1.165) is 6.54 Å². The number of carbonyl (C=O) groups excluding carboxylic acids is 2. The zero-order chi connectivity index (χ0) is 17.5. The Bertz CT molecular complexity index is 713. The summed E-state index contributed by atoms with van der Waals surface area (Å²) in [5, 5.41) is 8.51. The number of amides is 2. The van der Waals surface area contributed by atoms with Gasteiger partial charge in [0.05, 0.1) is 0 Å². The number of carbonyl (C=O) groups is 2. The lowest BCUT2D eigenvalue weighted by Crippen LogP contribution is -2.16. The molecule has 0 aliphatic rings. The van der Waals surface area contributed by atoms with Crippen LogP contribution in [0.15, 0.2) is 36.5 Å². The van der Waals surface area contributed by atoms with Crippen LogP contribution in [0.2, 0.25) is 0 Å². The second-order valence-electron chi connectivity index (χ2n) is 5.75. The van der Waals surface area contributed by atoms with Crippen molar-refractivity contribution in [3.05, 3.63) is 42.2 Å². The lowest BCUT2D eigenvalue weighted by molar-refractivity contribution is -0.114. The first-order chi connectivity index (χ1) is 11.4. The van der Waals surface area contributed by atoms with Crippen LogP contribution >= 0.6 is 0 Å². The van der Waals surface area contributed by atoms with E-state index < -0.39 is 0 Å². The molecule has 0 unspecified atom stereocenters. The van der Waals surface area contributed by atoms with Crippen molar-refractivity contribution in [3.63, 3.8) is 0 Å². The van der Waals surface area contributed by atoms with Gasteiger partial charge < -0.3 is 16.0 Å². The summed E-state index contributed by atoms with van der Waals surface area (Å²) in [6.07, 6.45) is 1.55. The molecule has 7 heteroatoms. The van der Waals surface area contributed by atoms with E-state index in [9.17, 15) is 9.59 Å². The molecule has 0 aliphatic carbocycles. The number of aromatic nitrogens is 2. The second-order valence-corrected chi connectivity index (χ2v) is 5.75. The number of benzene rings is 1. The van der Waals surface area contributed by atoms with Crippen LogP contribution in [0.5, 0.6) is 0 Å². The van der Waals surface area contributed by atoms with Gasteiger partial charge in [-0.3, -0.25) is 9.59 Å². The van der Waals surface area contributed by atoms with E-state index >= 15 is 0 Å². The average Bonchev–Trinajstić information content (AvgIpc) is 2.54. The van der Waals surface area contributed by atoms with Crippen molar-refractivity contribution < 1.29 is 9.59 Å². The maximum atomic E-state index is 12.3. The molecule has 1 aromatic carbocycles. The van der Waals surface area contributed by atoms with Crippen LogP contribution in [0.1, 0.15) is 31.3 Å². The summed E-state index contributed by atoms with van der Waals surface area (Å²) in [6, 6.07) is 8.41. The third kappa shape index (κ3) is 5.35. The van der Waals surface area contributed by atoms with E-state index in [1.54, 1.807) is 36.5 Å². The van der Waals surface area contributed by atoms with Gasteiger partial charge in [-0.25, -0.2) is 9.97 Å². The highest BCUT2D eigenvalue weighted by molar-refractivity contribution is 6.03. The summed E-state index contributed by atoms with van der Waals surface area (Å²) in [6.45, 7) is 6.33. The van der Waals surface area contributed by atoms with Gasteiger partial charge in [0.15, 0.2) is 0 Å². The molecule has 0 bridgehead atoms. The normalized spacial score (nSPS) is 10.3. The Kier molecular flexibility index (Phi) is 5.83. The standard InChI is InChI=1S/C17H21N5O2/c1-11(2)10-19-17-18-9-8-15(22-17)16(24)21-14-6-4-13(5-7-14)20-12(3)23/h4-9,11H,10H2,1-3H3,(H,20,23)(H,21,24)(H,18,19,22). The highest BCUT2D eigenvalue weighted by Gasteiger charge is 2.09. The average molecular weight is 327 g/mol. The van der Waals surface area contributed by atoms with Crippen molar-refractivity contribution in [2.45, 2.75) is 20.8 Å². The summed E-state index contributed by atoms with van der Waals surface area (Å²) < 4.78 is 0. The van der Waals surface area contributed by atoms with Crippen molar-refractivity contribution in [1.82, 2.24) is 9.97 Å². The molecule has 1 aromatic heterocycles. The molecule has 2 amide bonds. The van der Waals surface area contributed by atoms with E-state index in [2.05, 4.69) is 39.8 Å². The first-order valence-electron chi connectivity index (χ1n) is 7.70. The maximum Gasteiger partial charge on any atom is 0.274 e. The molecule has 0 spiro atoms. The van der Waals surface area contributed by atoms with Gasteiger partial charge in [-0.15, -0.1) is 0 Å². The third-order valence-electron chi connectivity index (χ3n) is 3.02. The first-order valence-corrected chi connectivity index (χ1v) is 7.70. The molecule has 0 saturated carbocycles. The Morgan fingerprint density at radius 1 is 1.04 bits per heavy atom. The molecule has 7 nitrogen and oxygen atoms in total. The minimum Gasteiger partial charge on any atom is -0.354 e. The Labute approximate surface area is 140 Å². The third-order valence-corrected chi connectivity index (χ3v) is 3.02. The number of hydrogen-bond donors (Lipinski definition) is 3. The van der Waals surface area contributed by atoms with Gasteiger partial charge in [0.25, 0.3) is 5.91 Å². The second kappa shape index (κ2) is 8.05. The number of anilines is 3. The summed E-state index contributed by atoms with van der Waals surface area (Å²) in [5.74, 6) is 0.414. The largest absolute Gasteiger partial charge is 0.354 e. The molecule has 2 rings (SSSR count). The molecule has 2 aromatic rings. The van der Waals surface area contributed by atoms with E-state index in [1.807, 2.05) is 0 Å². The predicted octanol–water partition coefficient (Wildman–Crippen LogP) is 2.76. The molecule has 0 atom stereocenters. The molecule has 0 aliphatic heterocycles. The number of rotatable bonds is 6. The molecular formula is C17H21N5O2. The van der Waals surface area contributed by atoms with Gasteiger partial charge in [-0.05, 0) is 36.2 Å². The number of nitrogens with one attached hydrogen (secondary N) is 3. The van der Waals surface area contributed by atoms with Crippen molar-refractivity contribution in [1.29, 1.82) is 0 Å². The number of hydrogen-bond acceptors (Lipinski definition) is 5. The van der Waals surface area contributed by atoms with Gasteiger partial charge >= 0.3 is 0 Å². The van der Waals surface area contributed by atoms with E-state index in [-0.39, 0.29) is 17.5 Å². The smallest absolute Gasteiger partial charge is 0.274 e. The monoisotopic (exact) mass is 327 g/mol. The molecule has 0 radical (unpaired) electrons. The Hall–Kier alpha value is -2.96. The minimum absolute atomic E-state index is 0.144. The molecule has 126 valence electrons. The van der Waals surface area contributed by atoms with Gasteiger partial charge in [0.1, 0.15) is 5.69 Å².